The van der Waals surface area contributed by atoms with Crippen LogP contribution in [0.3, 0.4) is 0 Å². The number of carbonyl (C=O) groups is 2. The van der Waals surface area contributed by atoms with Gasteiger partial charge in [0.15, 0.2) is 0 Å². The fourth-order valence-corrected chi connectivity index (χ4v) is 1.57. The molecule has 5 nitrogen and oxygen atoms in total. The van der Waals surface area contributed by atoms with E-state index in [0.29, 0.717) is 13.2 Å². The maximum absolute atomic E-state index is 11.7. The lowest BCUT2D eigenvalue weighted by molar-refractivity contribution is -0.143. The van der Waals surface area contributed by atoms with Crippen LogP contribution in [-0.4, -0.2) is 31.1 Å². The van der Waals surface area contributed by atoms with Crippen LogP contribution in [-0.2, 0) is 14.3 Å². The maximum atomic E-state index is 11.7. The van der Waals surface area contributed by atoms with Crippen molar-refractivity contribution >= 4 is 11.9 Å². The molecule has 2 atom stereocenters. The van der Waals surface area contributed by atoms with Gasteiger partial charge in [0.1, 0.15) is 0 Å². The number of hydrogen-bond acceptors (Lipinski definition) is 4. The van der Waals surface area contributed by atoms with Gasteiger partial charge in [0.05, 0.1) is 13.0 Å². The lowest BCUT2D eigenvalue weighted by Gasteiger charge is -2.12. The highest BCUT2D eigenvalue weighted by Gasteiger charge is 2.12. The predicted octanol–water partition coefficient (Wildman–Crippen LogP) is 1.21. The van der Waals surface area contributed by atoms with Crippen molar-refractivity contribution in [1.82, 2.24) is 5.32 Å². The molecule has 0 spiro atoms. The number of hydrogen-bond donors (Lipinski definition) is 2. The minimum Gasteiger partial charge on any atom is -0.466 e. The summed E-state index contributed by atoms with van der Waals surface area (Å²) in [6, 6.07) is 0.184. The second kappa shape index (κ2) is 9.88. The Morgan fingerprint density at radius 3 is 2.50 bits per heavy atom. The molecule has 0 aliphatic carbocycles. The summed E-state index contributed by atoms with van der Waals surface area (Å²) in [6.07, 6.45) is 2.93. The van der Waals surface area contributed by atoms with Crippen LogP contribution in [0.2, 0.25) is 0 Å². The van der Waals surface area contributed by atoms with Crippen molar-refractivity contribution in [3.8, 4) is 0 Å². The Morgan fingerprint density at radius 2 is 1.94 bits per heavy atom. The molecule has 0 rings (SSSR count). The summed E-state index contributed by atoms with van der Waals surface area (Å²) < 4.78 is 4.77. The van der Waals surface area contributed by atoms with Crippen molar-refractivity contribution in [2.45, 2.75) is 52.5 Å². The molecule has 0 aliphatic rings. The topological polar surface area (TPSA) is 81.4 Å². The predicted molar refractivity (Wildman–Crippen MR) is 70.9 cm³/mol. The van der Waals surface area contributed by atoms with Crippen LogP contribution in [0.15, 0.2) is 0 Å². The molecule has 2 unspecified atom stereocenters. The Kier molecular flexibility index (Phi) is 9.28. The van der Waals surface area contributed by atoms with Gasteiger partial charge in [-0.05, 0) is 26.7 Å². The number of ether oxygens (including phenoxy) is 1. The van der Waals surface area contributed by atoms with Crippen molar-refractivity contribution in [3.63, 3.8) is 0 Å². The number of esters is 1. The summed E-state index contributed by atoms with van der Waals surface area (Å²) in [4.78, 5) is 22.7. The Labute approximate surface area is 109 Å². The van der Waals surface area contributed by atoms with Crippen LogP contribution >= 0.6 is 0 Å². The van der Waals surface area contributed by atoms with Crippen LogP contribution in [0.25, 0.3) is 0 Å². The van der Waals surface area contributed by atoms with Crippen molar-refractivity contribution in [2.24, 2.45) is 11.7 Å². The number of nitrogens with two attached hydrogens (primary N) is 1. The molecule has 0 aromatic rings. The molecule has 0 aliphatic heterocycles. The van der Waals surface area contributed by atoms with Crippen LogP contribution in [0.5, 0.6) is 0 Å². The van der Waals surface area contributed by atoms with Gasteiger partial charge in [-0.15, -0.1) is 0 Å². The fraction of sp³-hybridized carbons (Fsp3) is 0.846. The van der Waals surface area contributed by atoms with Crippen molar-refractivity contribution in [1.29, 1.82) is 0 Å². The lowest BCUT2D eigenvalue weighted by atomic mass is 10.0. The average molecular weight is 258 g/mol. The minimum atomic E-state index is -0.276. The molecule has 0 fully saturated rings. The zero-order valence-corrected chi connectivity index (χ0v) is 11.7. The molecule has 0 saturated carbocycles. The zero-order chi connectivity index (χ0) is 14.0. The molecule has 18 heavy (non-hydrogen) atoms. The SMILES string of the molecule is CCOC(=O)CCNC(=O)C(C)CCCC(C)N. The first-order chi connectivity index (χ1) is 8.47. The van der Waals surface area contributed by atoms with Crippen molar-refractivity contribution in [2.75, 3.05) is 13.2 Å². The highest BCUT2D eigenvalue weighted by molar-refractivity contribution is 5.79. The maximum Gasteiger partial charge on any atom is 0.307 e. The van der Waals surface area contributed by atoms with Gasteiger partial charge in [-0.2, -0.15) is 0 Å². The summed E-state index contributed by atoms with van der Waals surface area (Å²) in [6.45, 7) is 6.33. The highest BCUT2D eigenvalue weighted by atomic mass is 16.5. The number of nitrogens with one attached hydrogen (secondary N) is 1. The van der Waals surface area contributed by atoms with Gasteiger partial charge in [-0.25, -0.2) is 0 Å². The average Bonchev–Trinajstić information content (AvgIpc) is 2.28. The first-order valence-electron chi connectivity index (χ1n) is 6.66. The van der Waals surface area contributed by atoms with Crippen molar-refractivity contribution < 1.29 is 14.3 Å². The van der Waals surface area contributed by atoms with E-state index in [1.165, 1.54) is 0 Å². The van der Waals surface area contributed by atoms with E-state index in [4.69, 9.17) is 10.5 Å². The zero-order valence-electron chi connectivity index (χ0n) is 11.7. The summed E-state index contributed by atoms with van der Waals surface area (Å²) in [7, 11) is 0. The van der Waals surface area contributed by atoms with E-state index < -0.39 is 0 Å². The summed E-state index contributed by atoms with van der Waals surface area (Å²) >= 11 is 0. The molecule has 5 heteroatoms. The van der Waals surface area contributed by atoms with Gasteiger partial charge in [-0.1, -0.05) is 13.3 Å². The normalized spacial score (nSPS) is 13.8. The first kappa shape index (κ1) is 16.9. The van der Waals surface area contributed by atoms with Crippen LogP contribution in [0.4, 0.5) is 0 Å². The van der Waals surface area contributed by atoms with Crippen LogP contribution in [0.1, 0.15) is 46.5 Å². The second-order valence-electron chi connectivity index (χ2n) is 4.66. The van der Waals surface area contributed by atoms with Crippen molar-refractivity contribution in [3.05, 3.63) is 0 Å². The molecule has 3 N–H and O–H groups in total. The van der Waals surface area contributed by atoms with Gasteiger partial charge in [0, 0.05) is 18.5 Å². The molecule has 106 valence electrons. The quantitative estimate of drug-likeness (QED) is 0.609. The molecule has 0 heterocycles. The molecule has 0 radical (unpaired) electrons. The Morgan fingerprint density at radius 1 is 1.28 bits per heavy atom. The number of amides is 1. The molecular formula is C13H26N2O3. The minimum absolute atomic E-state index is 0.0102. The first-order valence-corrected chi connectivity index (χ1v) is 6.66. The lowest BCUT2D eigenvalue weighted by Crippen LogP contribution is -2.31. The van der Waals surface area contributed by atoms with E-state index >= 15 is 0 Å². The van der Waals surface area contributed by atoms with E-state index in [0.717, 1.165) is 19.3 Å². The van der Waals surface area contributed by atoms with Gasteiger partial charge in [0.2, 0.25) is 5.91 Å². The number of rotatable bonds is 9. The Hall–Kier alpha value is -1.10. The highest BCUT2D eigenvalue weighted by Crippen LogP contribution is 2.08. The molecule has 0 bridgehead atoms. The van der Waals surface area contributed by atoms with E-state index in [-0.39, 0.29) is 30.3 Å². The van der Waals surface area contributed by atoms with Gasteiger partial charge < -0.3 is 15.8 Å². The summed E-state index contributed by atoms with van der Waals surface area (Å²) in [5, 5.41) is 2.74. The molecule has 0 aromatic heterocycles. The van der Waals surface area contributed by atoms with Gasteiger partial charge >= 0.3 is 5.97 Å². The van der Waals surface area contributed by atoms with Gasteiger partial charge in [-0.3, -0.25) is 9.59 Å². The van der Waals surface area contributed by atoms with Crippen LogP contribution < -0.4 is 11.1 Å². The summed E-state index contributed by atoms with van der Waals surface area (Å²) in [5.74, 6) is -0.322. The Balaban J connectivity index is 3.64. The Bertz CT molecular complexity index is 255. The third-order valence-electron chi connectivity index (χ3n) is 2.68. The second-order valence-corrected chi connectivity index (χ2v) is 4.66. The molecule has 0 aromatic carbocycles. The molecule has 1 amide bonds. The standard InChI is InChI=1S/C13H26N2O3/c1-4-18-12(16)8-9-15-13(17)10(2)6-5-7-11(3)14/h10-11H,4-9,14H2,1-3H3,(H,15,17). The largest absolute Gasteiger partial charge is 0.466 e. The summed E-state index contributed by atoms with van der Waals surface area (Å²) in [5.41, 5.74) is 5.64. The smallest absolute Gasteiger partial charge is 0.307 e. The molecule has 0 saturated heterocycles. The fourth-order valence-electron chi connectivity index (χ4n) is 1.57. The third-order valence-corrected chi connectivity index (χ3v) is 2.68. The van der Waals surface area contributed by atoms with Crippen LogP contribution in [0, 0.1) is 5.92 Å². The third kappa shape index (κ3) is 8.98. The van der Waals surface area contributed by atoms with E-state index in [1.54, 1.807) is 6.92 Å². The van der Waals surface area contributed by atoms with Gasteiger partial charge in [0.25, 0.3) is 0 Å². The van der Waals surface area contributed by atoms with E-state index in [2.05, 4.69) is 5.32 Å². The monoisotopic (exact) mass is 258 g/mol. The molecular weight excluding hydrogens is 232 g/mol. The van der Waals surface area contributed by atoms with E-state index in [1.807, 2.05) is 13.8 Å². The van der Waals surface area contributed by atoms with E-state index in [9.17, 15) is 9.59 Å². The number of carbonyl (C=O) groups excluding carboxylic acids is 2.